The molecule has 1 unspecified atom stereocenters. The lowest BCUT2D eigenvalue weighted by atomic mass is 9.88. The van der Waals surface area contributed by atoms with Crippen molar-refractivity contribution in [1.82, 2.24) is 5.32 Å². The van der Waals surface area contributed by atoms with Crippen LogP contribution in [0, 0.1) is 5.41 Å². The number of carbonyl (C=O) groups is 1. The summed E-state index contributed by atoms with van der Waals surface area (Å²) in [6.45, 7) is 8.16. The standard InChI is InChI=1S/C11H16ClNO2/c1-7(11(2,3)4)13-10(14)8-5-6-15-9(8)12/h5-7H,1-4H3,(H,13,14). The first-order valence-corrected chi connectivity index (χ1v) is 5.24. The molecule has 0 fully saturated rings. The Morgan fingerprint density at radius 2 is 2.13 bits per heavy atom. The van der Waals surface area contributed by atoms with E-state index in [1.54, 1.807) is 6.07 Å². The van der Waals surface area contributed by atoms with Gasteiger partial charge in [-0.2, -0.15) is 0 Å². The van der Waals surface area contributed by atoms with Gasteiger partial charge in [0.15, 0.2) is 0 Å². The van der Waals surface area contributed by atoms with Crippen LogP contribution in [0.3, 0.4) is 0 Å². The molecule has 4 heteroatoms. The number of halogens is 1. The lowest BCUT2D eigenvalue weighted by molar-refractivity contribution is 0.0909. The number of carbonyl (C=O) groups excluding carboxylic acids is 1. The summed E-state index contributed by atoms with van der Waals surface area (Å²) < 4.78 is 4.86. The van der Waals surface area contributed by atoms with Crippen molar-refractivity contribution in [3.63, 3.8) is 0 Å². The molecule has 0 aromatic carbocycles. The molecule has 84 valence electrons. The van der Waals surface area contributed by atoms with Gasteiger partial charge in [-0.25, -0.2) is 0 Å². The van der Waals surface area contributed by atoms with Gasteiger partial charge in [-0.3, -0.25) is 4.79 Å². The predicted octanol–water partition coefficient (Wildman–Crippen LogP) is 3.10. The third-order valence-electron chi connectivity index (χ3n) is 2.51. The number of rotatable bonds is 2. The van der Waals surface area contributed by atoms with Crippen LogP contribution < -0.4 is 5.32 Å². The first-order chi connectivity index (χ1) is 6.82. The highest BCUT2D eigenvalue weighted by molar-refractivity contribution is 6.32. The average Bonchev–Trinajstić information content (AvgIpc) is 2.49. The summed E-state index contributed by atoms with van der Waals surface area (Å²) in [6.07, 6.45) is 1.40. The third-order valence-corrected chi connectivity index (χ3v) is 2.80. The van der Waals surface area contributed by atoms with E-state index in [1.165, 1.54) is 6.26 Å². The van der Waals surface area contributed by atoms with E-state index in [9.17, 15) is 4.79 Å². The molecule has 0 aliphatic rings. The maximum absolute atomic E-state index is 11.7. The van der Waals surface area contributed by atoms with Crippen LogP contribution >= 0.6 is 11.6 Å². The molecule has 1 N–H and O–H groups in total. The maximum atomic E-state index is 11.7. The van der Waals surface area contributed by atoms with Crippen LogP contribution in [0.4, 0.5) is 0 Å². The Hall–Kier alpha value is -0.960. The molecule has 0 radical (unpaired) electrons. The number of nitrogens with one attached hydrogen (secondary N) is 1. The number of amides is 1. The van der Waals surface area contributed by atoms with Crippen molar-refractivity contribution in [2.75, 3.05) is 0 Å². The monoisotopic (exact) mass is 229 g/mol. The van der Waals surface area contributed by atoms with E-state index in [0.717, 1.165) is 0 Å². The summed E-state index contributed by atoms with van der Waals surface area (Å²) in [5, 5.41) is 3.01. The molecule has 1 rings (SSSR count). The molecular weight excluding hydrogens is 214 g/mol. The first-order valence-electron chi connectivity index (χ1n) is 4.86. The second-order valence-corrected chi connectivity index (χ2v) is 5.01. The second-order valence-electron chi connectivity index (χ2n) is 4.67. The minimum Gasteiger partial charge on any atom is -0.452 e. The Morgan fingerprint density at radius 1 is 1.53 bits per heavy atom. The van der Waals surface area contributed by atoms with Gasteiger partial charge in [0.1, 0.15) is 0 Å². The molecule has 1 heterocycles. The largest absolute Gasteiger partial charge is 0.452 e. The summed E-state index contributed by atoms with van der Waals surface area (Å²) in [4.78, 5) is 11.7. The molecule has 0 spiro atoms. The molecule has 1 atom stereocenters. The van der Waals surface area contributed by atoms with Gasteiger partial charge in [0, 0.05) is 6.04 Å². The highest BCUT2D eigenvalue weighted by Gasteiger charge is 2.23. The van der Waals surface area contributed by atoms with E-state index in [4.69, 9.17) is 16.0 Å². The fourth-order valence-corrected chi connectivity index (χ4v) is 1.15. The maximum Gasteiger partial charge on any atom is 0.256 e. The molecular formula is C11H16ClNO2. The number of hydrogen-bond acceptors (Lipinski definition) is 2. The van der Waals surface area contributed by atoms with Gasteiger partial charge >= 0.3 is 0 Å². The molecule has 1 aromatic heterocycles. The van der Waals surface area contributed by atoms with Crippen molar-refractivity contribution in [2.45, 2.75) is 33.7 Å². The van der Waals surface area contributed by atoms with E-state index in [-0.39, 0.29) is 22.6 Å². The van der Waals surface area contributed by atoms with E-state index < -0.39 is 0 Å². The number of hydrogen-bond donors (Lipinski definition) is 1. The zero-order valence-electron chi connectivity index (χ0n) is 9.43. The lowest BCUT2D eigenvalue weighted by Crippen LogP contribution is -2.41. The van der Waals surface area contributed by atoms with Gasteiger partial charge in [0.05, 0.1) is 11.8 Å². The van der Waals surface area contributed by atoms with Crippen LogP contribution in [0.1, 0.15) is 38.1 Å². The normalized spacial score (nSPS) is 13.7. The first kappa shape index (κ1) is 12.1. The highest BCUT2D eigenvalue weighted by Crippen LogP contribution is 2.21. The molecule has 0 saturated carbocycles. The summed E-state index contributed by atoms with van der Waals surface area (Å²) >= 11 is 5.70. The summed E-state index contributed by atoms with van der Waals surface area (Å²) in [6, 6.07) is 1.63. The topological polar surface area (TPSA) is 42.2 Å². The van der Waals surface area contributed by atoms with Crippen LogP contribution in [-0.4, -0.2) is 11.9 Å². The van der Waals surface area contributed by atoms with E-state index >= 15 is 0 Å². The summed E-state index contributed by atoms with van der Waals surface area (Å²) in [5.74, 6) is -0.198. The zero-order valence-corrected chi connectivity index (χ0v) is 10.2. The van der Waals surface area contributed by atoms with Crippen molar-refractivity contribution in [3.8, 4) is 0 Å². The minimum atomic E-state index is -0.198. The fraction of sp³-hybridized carbons (Fsp3) is 0.545. The number of furan rings is 1. The van der Waals surface area contributed by atoms with Crippen LogP contribution in [-0.2, 0) is 0 Å². The SMILES string of the molecule is CC(NC(=O)c1ccoc1Cl)C(C)(C)C. The van der Waals surface area contributed by atoms with E-state index in [0.29, 0.717) is 5.56 Å². The van der Waals surface area contributed by atoms with Crippen LogP contribution in [0.2, 0.25) is 5.22 Å². The van der Waals surface area contributed by atoms with Gasteiger partial charge in [0.2, 0.25) is 5.22 Å². The molecule has 0 aliphatic heterocycles. The van der Waals surface area contributed by atoms with Crippen molar-refractivity contribution >= 4 is 17.5 Å². The van der Waals surface area contributed by atoms with Gasteiger partial charge < -0.3 is 9.73 Å². The highest BCUT2D eigenvalue weighted by atomic mass is 35.5. The van der Waals surface area contributed by atoms with Gasteiger partial charge in [-0.15, -0.1) is 0 Å². The Labute approximate surface area is 94.8 Å². The quantitative estimate of drug-likeness (QED) is 0.847. The van der Waals surface area contributed by atoms with Crippen molar-refractivity contribution < 1.29 is 9.21 Å². The van der Waals surface area contributed by atoms with Gasteiger partial charge in [-0.1, -0.05) is 20.8 Å². The Morgan fingerprint density at radius 3 is 2.53 bits per heavy atom. The van der Waals surface area contributed by atoms with Crippen LogP contribution in [0.5, 0.6) is 0 Å². The van der Waals surface area contributed by atoms with Crippen molar-refractivity contribution in [1.29, 1.82) is 0 Å². The third kappa shape index (κ3) is 2.99. The zero-order chi connectivity index (χ0) is 11.6. The lowest BCUT2D eigenvalue weighted by Gasteiger charge is -2.27. The smallest absolute Gasteiger partial charge is 0.256 e. The average molecular weight is 230 g/mol. The van der Waals surface area contributed by atoms with Crippen molar-refractivity contribution in [2.24, 2.45) is 5.41 Å². The van der Waals surface area contributed by atoms with Gasteiger partial charge in [-0.05, 0) is 30.0 Å². The van der Waals surface area contributed by atoms with Crippen molar-refractivity contribution in [3.05, 3.63) is 23.1 Å². The summed E-state index contributed by atoms with van der Waals surface area (Å²) in [7, 11) is 0. The van der Waals surface area contributed by atoms with Crippen LogP contribution in [0.15, 0.2) is 16.7 Å². The minimum absolute atomic E-state index is 0.0197. The summed E-state index contributed by atoms with van der Waals surface area (Å²) in [5.41, 5.74) is 0.402. The van der Waals surface area contributed by atoms with E-state index in [1.807, 2.05) is 6.92 Å². The second kappa shape index (κ2) is 4.27. The molecule has 15 heavy (non-hydrogen) atoms. The Bertz CT molecular complexity index is 352. The molecule has 0 bridgehead atoms. The molecule has 0 aliphatic carbocycles. The molecule has 3 nitrogen and oxygen atoms in total. The Balaban J connectivity index is 2.69. The fourth-order valence-electron chi connectivity index (χ4n) is 0.947. The van der Waals surface area contributed by atoms with Crippen LogP contribution in [0.25, 0.3) is 0 Å². The molecule has 0 saturated heterocycles. The Kier molecular flexibility index (Phi) is 3.45. The van der Waals surface area contributed by atoms with E-state index in [2.05, 4.69) is 26.1 Å². The molecule has 1 amide bonds. The molecule has 1 aromatic rings. The van der Waals surface area contributed by atoms with Gasteiger partial charge in [0.25, 0.3) is 5.91 Å². The predicted molar refractivity (Wildman–Crippen MR) is 60.1 cm³/mol.